The van der Waals surface area contributed by atoms with E-state index in [1.54, 1.807) is 30.3 Å². The summed E-state index contributed by atoms with van der Waals surface area (Å²) in [5.74, 6) is 1.05. The normalized spacial score (nSPS) is 10.2. The zero-order valence-electron chi connectivity index (χ0n) is 10.2. The van der Waals surface area contributed by atoms with Gasteiger partial charge in [0.05, 0.1) is 10.6 Å². The van der Waals surface area contributed by atoms with Crippen LogP contribution in [0.5, 0.6) is 11.5 Å². The molecule has 0 radical (unpaired) electrons. The van der Waals surface area contributed by atoms with E-state index in [0.29, 0.717) is 34.8 Å². The summed E-state index contributed by atoms with van der Waals surface area (Å²) in [7, 11) is 0. The number of aliphatic hydroxyl groups is 1. The maximum absolute atomic E-state index is 11.0. The molecule has 0 saturated heterocycles. The number of carbonyl (C=O) groups is 1. The summed E-state index contributed by atoms with van der Waals surface area (Å²) in [5.41, 5.74) is 1.36. The number of ether oxygens (including phenoxy) is 1. The molecule has 2 aromatic carbocycles. The summed E-state index contributed by atoms with van der Waals surface area (Å²) in [5, 5.41) is 9.20. The van der Waals surface area contributed by atoms with Crippen molar-refractivity contribution in [2.75, 3.05) is 6.61 Å². The third-order valence-corrected chi connectivity index (χ3v) is 3.01. The number of rotatable bonds is 5. The molecule has 0 atom stereocenters. The number of halogens is 1. The second kappa shape index (κ2) is 6.36. The summed E-state index contributed by atoms with van der Waals surface area (Å²) >= 11 is 5.92. The predicted molar refractivity (Wildman–Crippen MR) is 74.1 cm³/mol. The number of aldehydes is 1. The molecule has 2 rings (SSSR count). The Labute approximate surface area is 116 Å². The van der Waals surface area contributed by atoms with Crippen LogP contribution in [0, 0.1) is 0 Å². The van der Waals surface area contributed by atoms with E-state index in [0.717, 1.165) is 5.56 Å². The highest BCUT2D eigenvalue weighted by atomic mass is 35.5. The van der Waals surface area contributed by atoms with Gasteiger partial charge in [0.1, 0.15) is 11.5 Å². The summed E-state index contributed by atoms with van der Waals surface area (Å²) in [6.07, 6.45) is 1.29. The maximum atomic E-state index is 11.0. The second-order valence-electron chi connectivity index (χ2n) is 3.99. The van der Waals surface area contributed by atoms with E-state index in [4.69, 9.17) is 21.4 Å². The maximum Gasteiger partial charge on any atom is 0.155 e. The van der Waals surface area contributed by atoms with Crippen LogP contribution in [0.2, 0.25) is 5.02 Å². The fraction of sp³-hybridized carbons (Fsp3) is 0.133. The molecule has 0 heterocycles. The Hall–Kier alpha value is -1.84. The molecule has 3 nitrogen and oxygen atoms in total. The number of hydrogen-bond acceptors (Lipinski definition) is 3. The second-order valence-corrected chi connectivity index (χ2v) is 4.40. The first-order valence-corrected chi connectivity index (χ1v) is 6.23. The topological polar surface area (TPSA) is 46.5 Å². The van der Waals surface area contributed by atoms with Crippen molar-refractivity contribution in [2.24, 2.45) is 0 Å². The third kappa shape index (κ3) is 3.34. The van der Waals surface area contributed by atoms with Crippen molar-refractivity contribution >= 4 is 17.9 Å². The smallest absolute Gasteiger partial charge is 0.155 e. The van der Waals surface area contributed by atoms with Crippen LogP contribution in [0.3, 0.4) is 0 Å². The molecule has 0 saturated carbocycles. The Kier molecular flexibility index (Phi) is 4.55. The zero-order chi connectivity index (χ0) is 13.7. The fourth-order valence-corrected chi connectivity index (χ4v) is 1.91. The van der Waals surface area contributed by atoms with E-state index in [2.05, 4.69) is 0 Å². The summed E-state index contributed by atoms with van der Waals surface area (Å²) in [6.45, 7) is 0.115. The molecule has 0 aliphatic rings. The van der Waals surface area contributed by atoms with E-state index in [1.807, 2.05) is 12.1 Å². The van der Waals surface area contributed by atoms with Gasteiger partial charge in [-0.05, 0) is 36.2 Å². The zero-order valence-corrected chi connectivity index (χ0v) is 10.9. The lowest BCUT2D eigenvalue weighted by Crippen LogP contribution is -1.93. The first kappa shape index (κ1) is 13.6. The number of hydrogen-bond donors (Lipinski definition) is 1. The molecule has 0 aliphatic carbocycles. The minimum Gasteiger partial charge on any atom is -0.457 e. The Balaban J connectivity index is 2.21. The molecule has 0 bridgehead atoms. The molecular formula is C15H13ClO3. The fourth-order valence-electron chi connectivity index (χ4n) is 1.70. The van der Waals surface area contributed by atoms with E-state index < -0.39 is 0 Å². The van der Waals surface area contributed by atoms with Crippen LogP contribution in [0.4, 0.5) is 0 Å². The molecule has 4 heteroatoms. The predicted octanol–water partition coefficient (Wildman–Crippen LogP) is 3.48. The molecule has 0 amide bonds. The van der Waals surface area contributed by atoms with Crippen LogP contribution in [0.1, 0.15) is 15.9 Å². The number of carbonyl (C=O) groups excluding carboxylic acids is 1. The summed E-state index contributed by atoms with van der Waals surface area (Å²) < 4.78 is 5.64. The molecule has 0 unspecified atom stereocenters. The van der Waals surface area contributed by atoms with Crippen molar-refractivity contribution in [3.05, 3.63) is 58.6 Å². The van der Waals surface area contributed by atoms with E-state index in [1.165, 1.54) is 0 Å². The van der Waals surface area contributed by atoms with Crippen LogP contribution in [0.25, 0.3) is 0 Å². The van der Waals surface area contributed by atoms with Crippen molar-refractivity contribution in [3.8, 4) is 11.5 Å². The number of benzene rings is 2. The van der Waals surface area contributed by atoms with Crippen LogP contribution in [-0.4, -0.2) is 18.0 Å². The van der Waals surface area contributed by atoms with Gasteiger partial charge in [0, 0.05) is 6.61 Å². The van der Waals surface area contributed by atoms with Gasteiger partial charge in [0.15, 0.2) is 6.29 Å². The van der Waals surface area contributed by atoms with Crippen molar-refractivity contribution in [1.82, 2.24) is 0 Å². The SMILES string of the molecule is O=Cc1c(Cl)cccc1Oc1ccc(CCO)cc1. The van der Waals surface area contributed by atoms with Crippen LogP contribution >= 0.6 is 11.6 Å². The van der Waals surface area contributed by atoms with Gasteiger partial charge in [-0.25, -0.2) is 0 Å². The molecule has 1 N–H and O–H groups in total. The first-order chi connectivity index (χ1) is 9.24. The first-order valence-electron chi connectivity index (χ1n) is 5.86. The van der Waals surface area contributed by atoms with Gasteiger partial charge in [0.25, 0.3) is 0 Å². The lowest BCUT2D eigenvalue weighted by molar-refractivity contribution is 0.112. The van der Waals surface area contributed by atoms with Gasteiger partial charge >= 0.3 is 0 Å². The minimum absolute atomic E-state index is 0.115. The van der Waals surface area contributed by atoms with Gasteiger partial charge in [0.2, 0.25) is 0 Å². The highest BCUT2D eigenvalue weighted by Crippen LogP contribution is 2.29. The molecule has 0 aliphatic heterocycles. The molecule has 98 valence electrons. The monoisotopic (exact) mass is 276 g/mol. The highest BCUT2D eigenvalue weighted by Gasteiger charge is 2.08. The number of aliphatic hydroxyl groups excluding tert-OH is 1. The van der Waals surface area contributed by atoms with Gasteiger partial charge in [-0.3, -0.25) is 4.79 Å². The van der Waals surface area contributed by atoms with Crippen molar-refractivity contribution in [3.63, 3.8) is 0 Å². The average Bonchev–Trinajstić information content (AvgIpc) is 2.42. The molecule has 0 aromatic heterocycles. The van der Waals surface area contributed by atoms with E-state index in [9.17, 15) is 4.79 Å². The van der Waals surface area contributed by atoms with Crippen molar-refractivity contribution in [2.45, 2.75) is 6.42 Å². The Morgan fingerprint density at radius 1 is 1.16 bits per heavy atom. The van der Waals surface area contributed by atoms with Gasteiger partial charge in [-0.1, -0.05) is 29.8 Å². The van der Waals surface area contributed by atoms with Crippen LogP contribution in [-0.2, 0) is 6.42 Å². The Morgan fingerprint density at radius 3 is 2.53 bits per heavy atom. The van der Waals surface area contributed by atoms with Gasteiger partial charge in [-0.15, -0.1) is 0 Å². The Morgan fingerprint density at radius 2 is 1.89 bits per heavy atom. The molecule has 0 fully saturated rings. The van der Waals surface area contributed by atoms with Crippen LogP contribution < -0.4 is 4.74 Å². The van der Waals surface area contributed by atoms with E-state index in [-0.39, 0.29) is 6.61 Å². The van der Waals surface area contributed by atoms with Crippen LogP contribution in [0.15, 0.2) is 42.5 Å². The van der Waals surface area contributed by atoms with Crippen molar-refractivity contribution in [1.29, 1.82) is 0 Å². The molecular weight excluding hydrogens is 264 g/mol. The summed E-state index contributed by atoms with van der Waals surface area (Å²) in [6, 6.07) is 12.4. The minimum atomic E-state index is 0.115. The largest absolute Gasteiger partial charge is 0.457 e. The van der Waals surface area contributed by atoms with Crippen molar-refractivity contribution < 1.29 is 14.6 Å². The quantitative estimate of drug-likeness (QED) is 0.851. The van der Waals surface area contributed by atoms with Gasteiger partial charge in [-0.2, -0.15) is 0 Å². The standard InChI is InChI=1S/C15H13ClO3/c16-14-2-1-3-15(13(14)10-18)19-12-6-4-11(5-7-12)8-9-17/h1-7,10,17H,8-9H2. The molecule has 2 aromatic rings. The van der Waals surface area contributed by atoms with Gasteiger partial charge < -0.3 is 9.84 Å². The Bertz CT molecular complexity index is 564. The lowest BCUT2D eigenvalue weighted by atomic mass is 10.1. The average molecular weight is 277 g/mol. The lowest BCUT2D eigenvalue weighted by Gasteiger charge is -2.09. The highest BCUT2D eigenvalue weighted by molar-refractivity contribution is 6.33. The summed E-state index contributed by atoms with van der Waals surface area (Å²) in [4.78, 5) is 11.0. The van der Waals surface area contributed by atoms with E-state index >= 15 is 0 Å². The molecule has 0 spiro atoms. The molecule has 19 heavy (non-hydrogen) atoms. The third-order valence-electron chi connectivity index (χ3n) is 2.68.